The molecule has 130 valence electrons. The Morgan fingerprint density at radius 3 is 2.75 bits per heavy atom. The zero-order valence-electron chi connectivity index (χ0n) is 14.2. The van der Waals surface area contributed by atoms with Gasteiger partial charge >= 0.3 is 0 Å². The van der Waals surface area contributed by atoms with E-state index in [-0.39, 0.29) is 0 Å². The highest BCUT2D eigenvalue weighted by Gasteiger charge is 2.21. The van der Waals surface area contributed by atoms with Crippen molar-refractivity contribution >= 4 is 26.4 Å². The number of nitrogens with one attached hydrogen (secondary N) is 1. The Kier molecular flexibility index (Phi) is 4.89. The summed E-state index contributed by atoms with van der Waals surface area (Å²) in [6, 6.07) is 5.92. The summed E-state index contributed by atoms with van der Waals surface area (Å²) >= 11 is 0. The molecule has 0 aromatic carbocycles. The van der Waals surface area contributed by atoms with E-state index < -0.39 is 9.73 Å². The lowest BCUT2D eigenvalue weighted by Gasteiger charge is -2.34. The zero-order valence-corrected chi connectivity index (χ0v) is 15.0. The largest absolute Gasteiger partial charge is 0.481 e. The van der Waals surface area contributed by atoms with Gasteiger partial charge in [0.25, 0.3) is 0 Å². The molecule has 2 aromatic rings. The number of nitrogens with zero attached hydrogens (tertiary/aromatic N) is 3. The van der Waals surface area contributed by atoms with Crippen molar-refractivity contribution in [3.8, 4) is 5.88 Å². The van der Waals surface area contributed by atoms with Crippen molar-refractivity contribution in [3.05, 3.63) is 24.4 Å². The predicted molar refractivity (Wildman–Crippen MR) is 97.3 cm³/mol. The van der Waals surface area contributed by atoms with Gasteiger partial charge in [0.05, 0.1) is 7.11 Å². The van der Waals surface area contributed by atoms with Crippen LogP contribution in [-0.2, 0) is 9.73 Å². The third-order valence-corrected chi connectivity index (χ3v) is 5.65. The van der Waals surface area contributed by atoms with Crippen molar-refractivity contribution in [1.82, 2.24) is 9.97 Å². The number of piperidine rings is 1. The minimum atomic E-state index is -2.37. The van der Waals surface area contributed by atoms with Gasteiger partial charge in [0.2, 0.25) is 5.88 Å². The average Bonchev–Trinajstić information content (AvgIpc) is 2.59. The van der Waals surface area contributed by atoms with Crippen LogP contribution in [0.15, 0.2) is 24.4 Å². The van der Waals surface area contributed by atoms with Crippen LogP contribution >= 0.6 is 0 Å². The summed E-state index contributed by atoms with van der Waals surface area (Å²) in [5.41, 5.74) is 1.86. The summed E-state index contributed by atoms with van der Waals surface area (Å²) in [6.45, 7) is 1.94. The molecule has 0 radical (unpaired) electrons. The lowest BCUT2D eigenvalue weighted by molar-refractivity contribution is 0.396. The van der Waals surface area contributed by atoms with Crippen molar-refractivity contribution < 1.29 is 8.95 Å². The molecule has 0 saturated carbocycles. The van der Waals surface area contributed by atoms with E-state index >= 15 is 0 Å². The van der Waals surface area contributed by atoms with Gasteiger partial charge in [0.1, 0.15) is 0 Å². The number of hydrogen-bond donors (Lipinski definition) is 1. The first-order chi connectivity index (χ1) is 11.5. The van der Waals surface area contributed by atoms with E-state index in [4.69, 9.17) is 9.52 Å². The predicted octanol–water partition coefficient (Wildman–Crippen LogP) is 2.92. The quantitative estimate of drug-likeness (QED) is 0.899. The molecule has 0 bridgehead atoms. The van der Waals surface area contributed by atoms with E-state index in [9.17, 15) is 4.21 Å². The molecule has 0 spiro atoms. The van der Waals surface area contributed by atoms with E-state index in [1.54, 1.807) is 13.3 Å². The van der Waals surface area contributed by atoms with Crippen molar-refractivity contribution in [2.45, 2.75) is 19.3 Å². The molecule has 2 aromatic heterocycles. The van der Waals surface area contributed by atoms with Crippen LogP contribution in [0.3, 0.4) is 0 Å². The van der Waals surface area contributed by atoms with Gasteiger partial charge in [-0.15, -0.1) is 0 Å². The van der Waals surface area contributed by atoms with E-state index in [1.807, 2.05) is 18.2 Å². The number of aromatic nitrogens is 2. The second-order valence-corrected chi connectivity index (χ2v) is 8.90. The SMILES string of the molecule is COc1ccc2c(N3CCC(CCS(C)(=N)=O)CC3)ccnc2n1. The maximum Gasteiger partial charge on any atom is 0.215 e. The van der Waals surface area contributed by atoms with E-state index in [0.29, 0.717) is 23.2 Å². The summed E-state index contributed by atoms with van der Waals surface area (Å²) in [4.78, 5) is 11.1. The Balaban J connectivity index is 1.71. The van der Waals surface area contributed by atoms with Crippen molar-refractivity contribution in [3.63, 3.8) is 0 Å². The Morgan fingerprint density at radius 2 is 2.08 bits per heavy atom. The highest BCUT2D eigenvalue weighted by Crippen LogP contribution is 2.30. The van der Waals surface area contributed by atoms with Crippen LogP contribution in [0.5, 0.6) is 5.88 Å². The Morgan fingerprint density at radius 1 is 1.33 bits per heavy atom. The van der Waals surface area contributed by atoms with Crippen molar-refractivity contribution in [2.75, 3.05) is 37.1 Å². The fraction of sp³-hybridized carbons (Fsp3) is 0.529. The van der Waals surface area contributed by atoms with Crippen LogP contribution in [0.1, 0.15) is 19.3 Å². The van der Waals surface area contributed by atoms with Gasteiger partial charge in [-0.2, -0.15) is 4.98 Å². The third-order valence-electron chi connectivity index (χ3n) is 4.63. The molecule has 1 fully saturated rings. The normalized spacial score (nSPS) is 18.5. The van der Waals surface area contributed by atoms with Crippen molar-refractivity contribution in [1.29, 1.82) is 4.78 Å². The molecule has 6 nitrogen and oxygen atoms in total. The maximum atomic E-state index is 11.5. The second-order valence-electron chi connectivity index (χ2n) is 6.48. The lowest BCUT2D eigenvalue weighted by atomic mass is 9.94. The molecule has 3 heterocycles. The van der Waals surface area contributed by atoms with Gasteiger partial charge in [-0.1, -0.05) is 0 Å². The second kappa shape index (κ2) is 6.93. The maximum absolute atomic E-state index is 11.5. The zero-order chi connectivity index (χ0) is 17.2. The van der Waals surface area contributed by atoms with Gasteiger partial charge in [-0.25, -0.2) is 4.98 Å². The number of pyridine rings is 2. The highest BCUT2D eigenvalue weighted by atomic mass is 32.2. The number of hydrogen-bond acceptors (Lipinski definition) is 6. The van der Waals surface area contributed by atoms with Crippen LogP contribution in [-0.4, -0.2) is 46.4 Å². The van der Waals surface area contributed by atoms with E-state index in [1.165, 1.54) is 6.26 Å². The number of anilines is 1. The van der Waals surface area contributed by atoms with Gasteiger partial charge in [-0.05, 0) is 37.3 Å². The van der Waals surface area contributed by atoms with Crippen LogP contribution in [0.25, 0.3) is 11.0 Å². The summed E-state index contributed by atoms with van der Waals surface area (Å²) in [5, 5.41) is 1.04. The first-order valence-electron chi connectivity index (χ1n) is 8.22. The fourth-order valence-electron chi connectivity index (χ4n) is 3.24. The summed E-state index contributed by atoms with van der Waals surface area (Å²) in [5.74, 6) is 1.66. The third kappa shape index (κ3) is 3.95. The van der Waals surface area contributed by atoms with Crippen LogP contribution in [0.2, 0.25) is 0 Å². The molecule has 3 rings (SSSR count). The highest BCUT2D eigenvalue weighted by molar-refractivity contribution is 7.91. The minimum Gasteiger partial charge on any atom is -0.481 e. The summed E-state index contributed by atoms with van der Waals surface area (Å²) < 4.78 is 24.3. The first kappa shape index (κ1) is 17.0. The smallest absolute Gasteiger partial charge is 0.215 e. The van der Waals surface area contributed by atoms with Gasteiger partial charge in [0.15, 0.2) is 5.65 Å². The fourth-order valence-corrected chi connectivity index (χ4v) is 4.02. The Bertz CT molecular complexity index is 814. The molecule has 0 aliphatic carbocycles. The minimum absolute atomic E-state index is 0.513. The number of rotatable bonds is 5. The van der Waals surface area contributed by atoms with Gasteiger partial charge < -0.3 is 9.64 Å². The number of methoxy groups -OCH3 is 1. The van der Waals surface area contributed by atoms with Crippen molar-refractivity contribution in [2.24, 2.45) is 5.92 Å². The summed E-state index contributed by atoms with van der Waals surface area (Å²) in [7, 11) is -0.761. The van der Waals surface area contributed by atoms with Gasteiger partial charge in [-0.3, -0.25) is 8.99 Å². The molecule has 1 aliphatic heterocycles. The van der Waals surface area contributed by atoms with E-state index in [2.05, 4.69) is 14.9 Å². The standard InChI is InChI=1S/C17H24N4O2S/c1-23-16-4-3-14-15(5-9-19-17(14)20-16)21-10-6-13(7-11-21)8-12-24(2,18)22/h3-5,9,13,18H,6-8,10-12H2,1-2H3. The topological polar surface area (TPSA) is 79.2 Å². The van der Waals surface area contributed by atoms with Crippen LogP contribution in [0.4, 0.5) is 5.69 Å². The Hall–Kier alpha value is -1.89. The Labute approximate surface area is 143 Å². The molecule has 1 aliphatic rings. The number of fused-ring (bicyclic) bond motifs is 1. The van der Waals surface area contributed by atoms with Gasteiger partial charge in [0, 0.05) is 58.2 Å². The van der Waals surface area contributed by atoms with Crippen LogP contribution < -0.4 is 9.64 Å². The monoisotopic (exact) mass is 348 g/mol. The average molecular weight is 348 g/mol. The molecule has 0 amide bonds. The molecule has 7 heteroatoms. The van der Waals surface area contributed by atoms with E-state index in [0.717, 1.165) is 43.4 Å². The molecule has 1 saturated heterocycles. The lowest BCUT2D eigenvalue weighted by Crippen LogP contribution is -2.34. The first-order valence-corrected chi connectivity index (χ1v) is 10.4. The number of ether oxygens (including phenoxy) is 1. The molecule has 1 unspecified atom stereocenters. The molecule has 24 heavy (non-hydrogen) atoms. The molecular weight excluding hydrogens is 324 g/mol. The molecule has 1 atom stereocenters. The summed E-state index contributed by atoms with van der Waals surface area (Å²) in [6.07, 6.45) is 6.36. The molecule has 1 N–H and O–H groups in total. The molecular formula is C17H24N4O2S. The van der Waals surface area contributed by atoms with Crippen LogP contribution in [0, 0.1) is 10.7 Å².